The van der Waals surface area contributed by atoms with Crippen LogP contribution in [0.25, 0.3) is 6.08 Å². The SMILES string of the molecule is CC(C)c1ccc(CN(C(=O)/C=C/c2ccco2)[C@@H]2CCS(=O)(=O)C2)cc1. The van der Waals surface area contributed by atoms with Crippen LogP contribution < -0.4 is 0 Å². The van der Waals surface area contributed by atoms with E-state index in [0.29, 0.717) is 24.6 Å². The molecule has 0 saturated carbocycles. The van der Waals surface area contributed by atoms with Gasteiger partial charge in [-0.2, -0.15) is 0 Å². The molecule has 0 N–H and O–H groups in total. The second kappa shape index (κ2) is 8.13. The highest BCUT2D eigenvalue weighted by molar-refractivity contribution is 7.91. The van der Waals surface area contributed by atoms with Crippen molar-refractivity contribution in [2.45, 2.75) is 38.8 Å². The smallest absolute Gasteiger partial charge is 0.247 e. The molecule has 0 radical (unpaired) electrons. The molecule has 1 saturated heterocycles. The number of carbonyl (C=O) groups excluding carboxylic acids is 1. The van der Waals surface area contributed by atoms with Crippen molar-refractivity contribution in [3.05, 3.63) is 65.6 Å². The molecule has 0 unspecified atom stereocenters. The zero-order valence-corrected chi connectivity index (χ0v) is 16.5. The van der Waals surface area contributed by atoms with E-state index in [2.05, 4.69) is 26.0 Å². The molecule has 2 aromatic rings. The van der Waals surface area contributed by atoms with E-state index in [4.69, 9.17) is 4.42 Å². The van der Waals surface area contributed by atoms with E-state index < -0.39 is 9.84 Å². The zero-order valence-electron chi connectivity index (χ0n) is 15.7. The van der Waals surface area contributed by atoms with E-state index in [1.165, 1.54) is 11.6 Å². The predicted octanol–water partition coefficient (Wildman–Crippen LogP) is 3.63. The van der Waals surface area contributed by atoms with Crippen LogP contribution in [0.5, 0.6) is 0 Å². The number of hydrogen-bond donors (Lipinski definition) is 0. The summed E-state index contributed by atoms with van der Waals surface area (Å²) in [4.78, 5) is 14.5. The van der Waals surface area contributed by atoms with E-state index in [1.807, 2.05) is 12.1 Å². The van der Waals surface area contributed by atoms with Crippen molar-refractivity contribution >= 4 is 21.8 Å². The first-order valence-electron chi connectivity index (χ1n) is 9.15. The highest BCUT2D eigenvalue weighted by atomic mass is 32.2. The first-order valence-corrected chi connectivity index (χ1v) is 11.0. The third kappa shape index (κ3) is 5.10. The van der Waals surface area contributed by atoms with Crippen LogP contribution in [0, 0.1) is 0 Å². The maximum absolute atomic E-state index is 12.8. The quantitative estimate of drug-likeness (QED) is 0.710. The Bertz CT molecular complexity index is 896. The number of benzene rings is 1. The summed E-state index contributed by atoms with van der Waals surface area (Å²) in [5.74, 6) is 0.977. The Kier molecular flexibility index (Phi) is 5.85. The summed E-state index contributed by atoms with van der Waals surface area (Å²) in [6, 6.07) is 11.4. The maximum atomic E-state index is 12.8. The third-order valence-corrected chi connectivity index (χ3v) is 6.62. The van der Waals surface area contributed by atoms with Crippen LogP contribution in [0.15, 0.2) is 53.2 Å². The van der Waals surface area contributed by atoms with Gasteiger partial charge in [-0.25, -0.2) is 8.42 Å². The van der Waals surface area contributed by atoms with Crippen molar-refractivity contribution in [2.24, 2.45) is 0 Å². The Hall–Kier alpha value is -2.34. The van der Waals surface area contributed by atoms with Crippen molar-refractivity contribution in [2.75, 3.05) is 11.5 Å². The summed E-state index contributed by atoms with van der Waals surface area (Å²) in [5, 5.41) is 0. The molecule has 27 heavy (non-hydrogen) atoms. The fourth-order valence-corrected chi connectivity index (χ4v) is 4.98. The Balaban J connectivity index is 1.80. The summed E-state index contributed by atoms with van der Waals surface area (Å²) < 4.78 is 29.1. The first kappa shape index (κ1) is 19.4. The van der Waals surface area contributed by atoms with Gasteiger partial charge in [0.25, 0.3) is 0 Å². The van der Waals surface area contributed by atoms with Crippen LogP contribution in [-0.2, 0) is 21.2 Å². The molecule has 5 nitrogen and oxygen atoms in total. The van der Waals surface area contributed by atoms with Gasteiger partial charge in [0.2, 0.25) is 5.91 Å². The van der Waals surface area contributed by atoms with Gasteiger partial charge in [-0.15, -0.1) is 0 Å². The molecular weight excluding hydrogens is 362 g/mol. The van der Waals surface area contributed by atoms with Gasteiger partial charge in [0.05, 0.1) is 17.8 Å². The molecule has 0 aliphatic carbocycles. The molecule has 1 aliphatic rings. The number of furan rings is 1. The van der Waals surface area contributed by atoms with Gasteiger partial charge in [0.1, 0.15) is 5.76 Å². The number of carbonyl (C=O) groups is 1. The van der Waals surface area contributed by atoms with Gasteiger partial charge >= 0.3 is 0 Å². The molecule has 1 atom stereocenters. The molecule has 0 spiro atoms. The molecular formula is C21H25NO4S. The lowest BCUT2D eigenvalue weighted by atomic mass is 10.0. The summed E-state index contributed by atoms with van der Waals surface area (Å²) >= 11 is 0. The minimum atomic E-state index is -3.08. The van der Waals surface area contributed by atoms with E-state index in [0.717, 1.165) is 5.56 Å². The second-order valence-electron chi connectivity index (χ2n) is 7.27. The van der Waals surface area contributed by atoms with Crippen LogP contribution in [0.2, 0.25) is 0 Å². The summed E-state index contributed by atoms with van der Waals surface area (Å²) in [6.07, 6.45) is 5.08. The van der Waals surface area contributed by atoms with Gasteiger partial charge in [-0.3, -0.25) is 4.79 Å². The Morgan fingerprint density at radius 2 is 2.00 bits per heavy atom. The standard InChI is InChI=1S/C21H25NO4S/c1-16(2)18-7-5-17(6-8-18)14-22(19-11-13-27(24,25)15-19)21(23)10-9-20-4-3-12-26-20/h3-10,12,16,19H,11,13-15H2,1-2H3/b10-9+/t19-/m1/s1. The van der Waals surface area contributed by atoms with Crippen LogP contribution in [-0.4, -0.2) is 36.8 Å². The molecule has 1 fully saturated rings. The van der Waals surface area contributed by atoms with Gasteiger partial charge < -0.3 is 9.32 Å². The molecule has 1 aromatic carbocycles. The number of rotatable bonds is 6. The van der Waals surface area contributed by atoms with Crippen molar-refractivity contribution in [1.29, 1.82) is 0 Å². The highest BCUT2D eigenvalue weighted by Gasteiger charge is 2.34. The van der Waals surface area contributed by atoms with Crippen LogP contribution in [0.3, 0.4) is 0 Å². The van der Waals surface area contributed by atoms with E-state index in [-0.39, 0.29) is 23.5 Å². The van der Waals surface area contributed by atoms with E-state index in [1.54, 1.807) is 29.4 Å². The lowest BCUT2D eigenvalue weighted by molar-refractivity contribution is -0.128. The minimum absolute atomic E-state index is 0.0252. The summed E-state index contributed by atoms with van der Waals surface area (Å²) in [7, 11) is -3.08. The Labute approximate surface area is 160 Å². The zero-order chi connectivity index (χ0) is 19.4. The predicted molar refractivity (Wildman–Crippen MR) is 106 cm³/mol. The number of amides is 1. The second-order valence-corrected chi connectivity index (χ2v) is 9.50. The van der Waals surface area contributed by atoms with Gasteiger partial charge in [0, 0.05) is 18.7 Å². The lowest BCUT2D eigenvalue weighted by Crippen LogP contribution is -2.39. The highest BCUT2D eigenvalue weighted by Crippen LogP contribution is 2.22. The van der Waals surface area contributed by atoms with Crippen molar-refractivity contribution < 1.29 is 17.6 Å². The molecule has 6 heteroatoms. The number of nitrogens with zero attached hydrogens (tertiary/aromatic N) is 1. The van der Waals surface area contributed by atoms with Gasteiger partial charge in [-0.05, 0) is 41.7 Å². The van der Waals surface area contributed by atoms with Gasteiger partial charge in [-0.1, -0.05) is 38.1 Å². The van der Waals surface area contributed by atoms with E-state index >= 15 is 0 Å². The van der Waals surface area contributed by atoms with Crippen LogP contribution in [0.4, 0.5) is 0 Å². The van der Waals surface area contributed by atoms with E-state index in [9.17, 15) is 13.2 Å². The normalized spacial score (nSPS) is 19.0. The Morgan fingerprint density at radius 3 is 2.56 bits per heavy atom. The molecule has 0 bridgehead atoms. The topological polar surface area (TPSA) is 67.6 Å². The summed E-state index contributed by atoms with van der Waals surface area (Å²) in [6.45, 7) is 4.65. The molecule has 144 valence electrons. The molecule has 1 aromatic heterocycles. The monoisotopic (exact) mass is 387 g/mol. The fourth-order valence-electron chi connectivity index (χ4n) is 3.25. The first-order chi connectivity index (χ1) is 12.8. The number of sulfone groups is 1. The number of hydrogen-bond acceptors (Lipinski definition) is 4. The van der Waals surface area contributed by atoms with Crippen LogP contribution >= 0.6 is 0 Å². The molecule has 3 rings (SSSR count). The molecule has 1 aliphatic heterocycles. The lowest BCUT2D eigenvalue weighted by Gasteiger charge is -2.27. The third-order valence-electron chi connectivity index (χ3n) is 4.86. The van der Waals surface area contributed by atoms with Crippen LogP contribution in [0.1, 0.15) is 43.1 Å². The summed E-state index contributed by atoms with van der Waals surface area (Å²) in [5.41, 5.74) is 2.22. The maximum Gasteiger partial charge on any atom is 0.247 e. The Morgan fingerprint density at radius 1 is 1.26 bits per heavy atom. The largest absolute Gasteiger partial charge is 0.465 e. The van der Waals surface area contributed by atoms with Crippen molar-refractivity contribution in [1.82, 2.24) is 4.90 Å². The molecule has 2 heterocycles. The fraction of sp³-hybridized carbons (Fsp3) is 0.381. The van der Waals surface area contributed by atoms with Crippen molar-refractivity contribution in [3.8, 4) is 0 Å². The average Bonchev–Trinajstić information content (AvgIpc) is 3.27. The minimum Gasteiger partial charge on any atom is -0.465 e. The van der Waals surface area contributed by atoms with Gasteiger partial charge in [0.15, 0.2) is 9.84 Å². The van der Waals surface area contributed by atoms with Crippen molar-refractivity contribution in [3.63, 3.8) is 0 Å². The average molecular weight is 388 g/mol. The molecule has 1 amide bonds.